The summed E-state index contributed by atoms with van der Waals surface area (Å²) in [5.74, 6) is 0. The Morgan fingerprint density at radius 2 is 1.04 bits per heavy atom. The van der Waals surface area contributed by atoms with Gasteiger partial charge in [-0.3, -0.25) is 0 Å². The zero-order valence-corrected chi connectivity index (χ0v) is 18.8. The Kier molecular flexibility index (Phi) is 23.4. The van der Waals surface area contributed by atoms with Gasteiger partial charge in [-0.1, -0.05) is 58.3 Å². The zero-order valence-electron chi connectivity index (χ0n) is 18.1. The lowest BCUT2D eigenvalue weighted by atomic mass is 10.1. The van der Waals surface area contributed by atoms with E-state index in [1.165, 1.54) is 70.8 Å². The summed E-state index contributed by atoms with van der Waals surface area (Å²) < 4.78 is 17.0. The van der Waals surface area contributed by atoms with Crippen LogP contribution in [0.4, 0.5) is 0 Å². The predicted molar refractivity (Wildman–Crippen MR) is 107 cm³/mol. The molecule has 0 heterocycles. The van der Waals surface area contributed by atoms with Crippen LogP contribution < -0.4 is 12.4 Å². The molecule has 0 aromatic heterocycles. The minimum absolute atomic E-state index is 0. The average molecular weight is 396 g/mol. The second kappa shape index (κ2) is 21.4. The highest BCUT2D eigenvalue weighted by Gasteiger charge is 2.13. The van der Waals surface area contributed by atoms with Crippen LogP contribution in [0.2, 0.25) is 0 Å². The molecule has 0 aliphatic carbocycles. The minimum atomic E-state index is 0. The lowest BCUT2D eigenvalue weighted by Crippen LogP contribution is -3.00. The summed E-state index contributed by atoms with van der Waals surface area (Å²) in [4.78, 5) is 0. The third-order valence-corrected chi connectivity index (χ3v) is 4.76. The first kappa shape index (κ1) is 28.3. The molecule has 4 nitrogen and oxygen atoms in total. The Morgan fingerprint density at radius 3 is 1.58 bits per heavy atom. The molecular weight excluding hydrogens is 350 g/mol. The largest absolute Gasteiger partial charge is 1.00 e. The number of rotatable bonds is 20. The first-order valence-electron chi connectivity index (χ1n) is 10.6. The van der Waals surface area contributed by atoms with Crippen molar-refractivity contribution in [1.82, 2.24) is 0 Å². The molecule has 5 heteroatoms. The van der Waals surface area contributed by atoms with Gasteiger partial charge in [0.15, 0.2) is 0 Å². The van der Waals surface area contributed by atoms with Crippen LogP contribution in [0.3, 0.4) is 0 Å². The molecule has 0 rings (SSSR count). The summed E-state index contributed by atoms with van der Waals surface area (Å²) in [7, 11) is 6.31. The summed E-state index contributed by atoms with van der Waals surface area (Å²) in [6.07, 6.45) is 14.1. The summed E-state index contributed by atoms with van der Waals surface area (Å²) in [5, 5.41) is 0. The van der Waals surface area contributed by atoms with Gasteiger partial charge in [0.25, 0.3) is 0 Å². The first-order chi connectivity index (χ1) is 12.1. The lowest BCUT2D eigenvalue weighted by Gasteiger charge is -2.29. The second-order valence-electron chi connectivity index (χ2n) is 7.78. The Morgan fingerprint density at radius 1 is 0.577 bits per heavy atom. The van der Waals surface area contributed by atoms with Gasteiger partial charge < -0.3 is 31.1 Å². The van der Waals surface area contributed by atoms with Gasteiger partial charge in [0.05, 0.1) is 53.7 Å². The highest BCUT2D eigenvalue weighted by atomic mass is 35.5. The fraction of sp³-hybridized carbons (Fsp3) is 1.00. The number of hydrogen-bond acceptors (Lipinski definition) is 3. The Labute approximate surface area is 170 Å². The number of hydrogen-bond donors (Lipinski definition) is 0. The maximum absolute atomic E-state index is 5.67. The van der Waals surface area contributed by atoms with Crippen molar-refractivity contribution in [2.24, 2.45) is 0 Å². The molecule has 0 unspecified atom stereocenters. The molecule has 160 valence electrons. The van der Waals surface area contributed by atoms with Crippen molar-refractivity contribution in [1.29, 1.82) is 0 Å². The number of methoxy groups -OCH3 is 1. The van der Waals surface area contributed by atoms with Crippen molar-refractivity contribution >= 4 is 0 Å². The summed E-state index contributed by atoms with van der Waals surface area (Å²) >= 11 is 0. The molecule has 0 N–H and O–H groups in total. The SMILES string of the molecule is CCCCCCCCCCCC[N+](C)(C)CCOCCOCCOC.[Cl-]. The number of halogens is 1. The van der Waals surface area contributed by atoms with Crippen molar-refractivity contribution in [3.05, 3.63) is 0 Å². The van der Waals surface area contributed by atoms with Gasteiger partial charge in [-0.2, -0.15) is 0 Å². The molecule has 0 bridgehead atoms. The molecule has 0 aromatic rings. The van der Waals surface area contributed by atoms with Gasteiger partial charge in [-0.25, -0.2) is 0 Å². The van der Waals surface area contributed by atoms with Crippen molar-refractivity contribution in [2.75, 3.05) is 67.3 Å². The van der Waals surface area contributed by atoms with Crippen LogP contribution >= 0.6 is 0 Å². The molecule has 0 atom stereocenters. The van der Waals surface area contributed by atoms with E-state index in [9.17, 15) is 0 Å². The molecule has 0 aliphatic heterocycles. The number of nitrogens with zero attached hydrogens (tertiary/aromatic N) is 1. The Bertz CT molecular complexity index is 266. The third-order valence-electron chi connectivity index (χ3n) is 4.76. The van der Waals surface area contributed by atoms with Gasteiger partial charge in [0.2, 0.25) is 0 Å². The molecule has 0 amide bonds. The van der Waals surface area contributed by atoms with E-state index in [-0.39, 0.29) is 12.4 Å². The van der Waals surface area contributed by atoms with E-state index in [2.05, 4.69) is 21.0 Å². The van der Waals surface area contributed by atoms with Crippen LogP contribution in [0, 0.1) is 0 Å². The van der Waals surface area contributed by atoms with Gasteiger partial charge in [-0.05, 0) is 12.8 Å². The van der Waals surface area contributed by atoms with Crippen LogP contribution in [0.5, 0.6) is 0 Å². The van der Waals surface area contributed by atoms with E-state index in [0.29, 0.717) is 26.4 Å². The maximum Gasteiger partial charge on any atom is 0.102 e. The number of ether oxygens (including phenoxy) is 3. The predicted octanol–water partition coefficient (Wildman–Crippen LogP) is 1.67. The topological polar surface area (TPSA) is 27.7 Å². The van der Waals surface area contributed by atoms with E-state index >= 15 is 0 Å². The van der Waals surface area contributed by atoms with E-state index < -0.39 is 0 Å². The van der Waals surface area contributed by atoms with Gasteiger partial charge >= 0.3 is 0 Å². The maximum atomic E-state index is 5.67. The smallest absolute Gasteiger partial charge is 0.102 e. The molecule has 0 aromatic carbocycles. The van der Waals surface area contributed by atoms with Crippen molar-refractivity contribution in [2.45, 2.75) is 71.1 Å². The lowest BCUT2D eigenvalue weighted by molar-refractivity contribution is -0.891. The minimum Gasteiger partial charge on any atom is -1.00 e. The summed E-state index contributed by atoms with van der Waals surface area (Å²) in [6.45, 7) is 8.09. The van der Waals surface area contributed by atoms with Crippen LogP contribution in [0.25, 0.3) is 0 Å². The van der Waals surface area contributed by atoms with Gasteiger partial charge in [0.1, 0.15) is 6.54 Å². The average Bonchev–Trinajstić information content (AvgIpc) is 2.59. The number of likely N-dealkylation sites (N-methyl/N-ethyl adjacent to an activating group) is 1. The standard InChI is InChI=1S/C21H46NO3.ClH/c1-5-6-7-8-9-10-11-12-13-14-15-22(2,3)16-17-24-20-21-25-19-18-23-4;/h5-21H2,1-4H3;1H/q+1;/p-1. The number of unbranched alkanes of at least 4 members (excludes halogenated alkanes) is 9. The second-order valence-corrected chi connectivity index (χ2v) is 7.78. The summed E-state index contributed by atoms with van der Waals surface area (Å²) in [6, 6.07) is 0. The Balaban J connectivity index is 0. The van der Waals surface area contributed by atoms with Crippen LogP contribution in [0.15, 0.2) is 0 Å². The van der Waals surface area contributed by atoms with Crippen LogP contribution in [0.1, 0.15) is 71.1 Å². The monoisotopic (exact) mass is 395 g/mol. The first-order valence-corrected chi connectivity index (χ1v) is 10.6. The van der Waals surface area contributed by atoms with Gasteiger partial charge in [0, 0.05) is 7.11 Å². The molecule has 0 spiro atoms. The fourth-order valence-electron chi connectivity index (χ4n) is 2.91. The third kappa shape index (κ3) is 22.2. The van der Waals surface area contributed by atoms with Crippen molar-refractivity contribution in [3.8, 4) is 0 Å². The number of quaternary nitrogens is 1. The van der Waals surface area contributed by atoms with Crippen molar-refractivity contribution < 1.29 is 31.1 Å². The molecule has 0 aliphatic rings. The van der Waals surface area contributed by atoms with E-state index in [1.54, 1.807) is 7.11 Å². The summed E-state index contributed by atoms with van der Waals surface area (Å²) in [5.41, 5.74) is 0. The molecular formula is C21H46ClNO3. The quantitative estimate of drug-likeness (QED) is 0.232. The van der Waals surface area contributed by atoms with Crippen molar-refractivity contribution in [3.63, 3.8) is 0 Å². The van der Waals surface area contributed by atoms with E-state index in [0.717, 1.165) is 17.6 Å². The highest BCUT2D eigenvalue weighted by Crippen LogP contribution is 2.11. The normalized spacial score (nSPS) is 11.5. The molecule has 0 radical (unpaired) electrons. The molecule has 26 heavy (non-hydrogen) atoms. The fourth-order valence-corrected chi connectivity index (χ4v) is 2.91. The molecule has 0 saturated heterocycles. The molecule has 0 fully saturated rings. The van der Waals surface area contributed by atoms with Gasteiger partial charge in [-0.15, -0.1) is 0 Å². The zero-order chi connectivity index (χ0) is 18.6. The Hall–Kier alpha value is 0.130. The van der Waals surface area contributed by atoms with E-state index in [4.69, 9.17) is 14.2 Å². The highest BCUT2D eigenvalue weighted by molar-refractivity contribution is 4.48. The molecule has 0 saturated carbocycles. The van der Waals surface area contributed by atoms with Crippen LogP contribution in [-0.4, -0.2) is 71.8 Å². The van der Waals surface area contributed by atoms with Crippen LogP contribution in [-0.2, 0) is 14.2 Å². The van der Waals surface area contributed by atoms with E-state index in [1.807, 2.05) is 0 Å².